The summed E-state index contributed by atoms with van der Waals surface area (Å²) in [5.41, 5.74) is 0.992. The van der Waals surface area contributed by atoms with Gasteiger partial charge in [-0.25, -0.2) is 0 Å². The summed E-state index contributed by atoms with van der Waals surface area (Å²) in [5, 5.41) is 13.9. The summed E-state index contributed by atoms with van der Waals surface area (Å²) in [5.74, 6) is 1.24. The van der Waals surface area contributed by atoms with E-state index in [1.165, 1.54) is 6.42 Å². The lowest BCUT2D eigenvalue weighted by Gasteiger charge is -2.34. The molecule has 0 aromatic heterocycles. The van der Waals surface area contributed by atoms with Crippen molar-refractivity contribution in [1.82, 2.24) is 10.2 Å². The topological polar surface area (TPSA) is 52.6 Å². The monoisotopic (exact) mass is 316 g/mol. The number of nitrogens with one attached hydrogen (secondary N) is 1. The second kappa shape index (κ2) is 7.93. The second-order valence-corrected chi connectivity index (χ2v) is 6.97. The molecule has 1 aromatic rings. The lowest BCUT2D eigenvalue weighted by molar-refractivity contribution is -0.133. The molecule has 3 rings (SSSR count). The van der Waals surface area contributed by atoms with E-state index in [1.54, 1.807) is 0 Å². The molecular formula is C19H28N2O2. The number of aliphatic hydroxyl groups excluding tert-OH is 1. The van der Waals surface area contributed by atoms with Gasteiger partial charge in [-0.05, 0) is 56.2 Å². The molecule has 1 aromatic carbocycles. The molecule has 0 saturated carbocycles. The first kappa shape index (κ1) is 16.5. The number of carbonyl (C=O) groups is 1. The zero-order chi connectivity index (χ0) is 16.1. The number of amides is 1. The maximum atomic E-state index is 12.3. The molecule has 23 heavy (non-hydrogen) atoms. The summed E-state index contributed by atoms with van der Waals surface area (Å²) in [7, 11) is 0. The Bertz CT molecular complexity index is 491. The van der Waals surface area contributed by atoms with Crippen molar-refractivity contribution < 1.29 is 9.90 Å². The minimum atomic E-state index is -0.405. The fourth-order valence-electron chi connectivity index (χ4n) is 3.83. The fourth-order valence-corrected chi connectivity index (χ4v) is 3.83. The highest BCUT2D eigenvalue weighted by atomic mass is 16.3. The average Bonchev–Trinajstić information content (AvgIpc) is 3.13. The molecule has 0 spiro atoms. The van der Waals surface area contributed by atoms with Crippen molar-refractivity contribution in [1.29, 1.82) is 0 Å². The maximum Gasteiger partial charge on any atom is 0.222 e. The number of piperidine rings is 1. The Balaban J connectivity index is 1.43. The van der Waals surface area contributed by atoms with Gasteiger partial charge in [0.05, 0.1) is 6.10 Å². The highest BCUT2D eigenvalue weighted by molar-refractivity contribution is 5.76. The first-order valence-corrected chi connectivity index (χ1v) is 8.95. The standard InChI is InChI=1S/C19H28N2O2/c22-18(7-6-15-8-11-20-14-15)21-12-9-17(10-13-21)19(23)16-4-2-1-3-5-16/h1-5,15,17,19-20,23H,6-14H2. The summed E-state index contributed by atoms with van der Waals surface area (Å²) in [6.45, 7) is 3.74. The summed E-state index contributed by atoms with van der Waals surface area (Å²) >= 11 is 0. The Kier molecular flexibility index (Phi) is 5.68. The summed E-state index contributed by atoms with van der Waals surface area (Å²) in [6, 6.07) is 9.87. The molecule has 4 heteroatoms. The smallest absolute Gasteiger partial charge is 0.222 e. The third kappa shape index (κ3) is 4.33. The van der Waals surface area contributed by atoms with E-state index in [-0.39, 0.29) is 5.92 Å². The van der Waals surface area contributed by atoms with E-state index in [0.717, 1.165) is 51.0 Å². The van der Waals surface area contributed by atoms with Gasteiger partial charge in [-0.3, -0.25) is 4.79 Å². The van der Waals surface area contributed by atoms with Crippen molar-refractivity contribution in [3.8, 4) is 0 Å². The van der Waals surface area contributed by atoms with Crippen LogP contribution in [0.25, 0.3) is 0 Å². The van der Waals surface area contributed by atoms with Crippen LogP contribution in [0.5, 0.6) is 0 Å². The van der Waals surface area contributed by atoms with Crippen molar-refractivity contribution in [2.75, 3.05) is 26.2 Å². The molecule has 2 heterocycles. The quantitative estimate of drug-likeness (QED) is 0.877. The van der Waals surface area contributed by atoms with E-state index in [2.05, 4.69) is 5.32 Å². The molecule has 2 saturated heterocycles. The Morgan fingerprint density at radius 3 is 2.61 bits per heavy atom. The molecule has 2 atom stereocenters. The lowest BCUT2D eigenvalue weighted by atomic mass is 9.87. The van der Waals surface area contributed by atoms with Crippen molar-refractivity contribution in [2.24, 2.45) is 11.8 Å². The number of benzene rings is 1. The number of likely N-dealkylation sites (tertiary alicyclic amines) is 1. The van der Waals surface area contributed by atoms with Crippen LogP contribution >= 0.6 is 0 Å². The van der Waals surface area contributed by atoms with E-state index in [1.807, 2.05) is 35.2 Å². The Labute approximate surface area is 138 Å². The molecule has 0 radical (unpaired) electrons. The van der Waals surface area contributed by atoms with Crippen molar-refractivity contribution in [2.45, 2.75) is 38.2 Å². The van der Waals surface area contributed by atoms with Gasteiger partial charge in [0.1, 0.15) is 0 Å². The third-order valence-electron chi connectivity index (χ3n) is 5.41. The van der Waals surface area contributed by atoms with Crippen LogP contribution in [-0.4, -0.2) is 42.1 Å². The maximum absolute atomic E-state index is 12.3. The molecule has 2 fully saturated rings. The molecule has 2 aliphatic heterocycles. The van der Waals surface area contributed by atoms with Crippen LogP contribution in [0.1, 0.15) is 43.8 Å². The largest absolute Gasteiger partial charge is 0.388 e. The molecule has 4 nitrogen and oxygen atoms in total. The number of carbonyl (C=O) groups excluding carboxylic acids is 1. The van der Waals surface area contributed by atoms with Gasteiger partial charge >= 0.3 is 0 Å². The number of rotatable bonds is 5. The van der Waals surface area contributed by atoms with Crippen molar-refractivity contribution in [3.05, 3.63) is 35.9 Å². The van der Waals surface area contributed by atoms with Gasteiger partial charge in [-0.15, -0.1) is 0 Å². The molecular weight excluding hydrogens is 288 g/mol. The van der Waals surface area contributed by atoms with Crippen LogP contribution in [0, 0.1) is 11.8 Å². The van der Waals surface area contributed by atoms with Gasteiger partial charge in [0.15, 0.2) is 0 Å². The first-order valence-electron chi connectivity index (χ1n) is 8.95. The SMILES string of the molecule is O=C(CCC1CCNC1)N1CCC(C(O)c2ccccc2)CC1. The van der Waals surface area contributed by atoms with Gasteiger partial charge in [-0.1, -0.05) is 30.3 Å². The Morgan fingerprint density at radius 2 is 1.96 bits per heavy atom. The van der Waals surface area contributed by atoms with Crippen LogP contribution < -0.4 is 5.32 Å². The first-order chi connectivity index (χ1) is 11.2. The molecule has 0 bridgehead atoms. The van der Waals surface area contributed by atoms with Crippen LogP contribution in [0.15, 0.2) is 30.3 Å². The van der Waals surface area contributed by atoms with E-state index in [0.29, 0.717) is 18.2 Å². The second-order valence-electron chi connectivity index (χ2n) is 6.97. The molecule has 0 aliphatic carbocycles. The summed E-state index contributed by atoms with van der Waals surface area (Å²) in [6.07, 6.45) is 4.28. The number of hydrogen-bond acceptors (Lipinski definition) is 3. The average molecular weight is 316 g/mol. The number of aliphatic hydroxyl groups is 1. The Morgan fingerprint density at radius 1 is 1.22 bits per heavy atom. The van der Waals surface area contributed by atoms with Gasteiger partial charge in [0.25, 0.3) is 0 Å². The van der Waals surface area contributed by atoms with Crippen LogP contribution in [0.3, 0.4) is 0 Å². The van der Waals surface area contributed by atoms with Crippen LogP contribution in [0.4, 0.5) is 0 Å². The van der Waals surface area contributed by atoms with Gasteiger partial charge < -0.3 is 15.3 Å². The minimum Gasteiger partial charge on any atom is -0.388 e. The zero-order valence-electron chi connectivity index (χ0n) is 13.8. The highest BCUT2D eigenvalue weighted by Gasteiger charge is 2.28. The van der Waals surface area contributed by atoms with Gasteiger partial charge in [0.2, 0.25) is 5.91 Å². The minimum absolute atomic E-state index is 0.264. The van der Waals surface area contributed by atoms with Crippen molar-refractivity contribution >= 4 is 5.91 Å². The molecule has 1 amide bonds. The molecule has 2 aliphatic rings. The molecule has 2 unspecified atom stereocenters. The predicted octanol–water partition coefficient (Wildman–Crippen LogP) is 2.35. The highest BCUT2D eigenvalue weighted by Crippen LogP contribution is 2.31. The number of nitrogens with zero attached hydrogens (tertiary/aromatic N) is 1. The van der Waals surface area contributed by atoms with Gasteiger partial charge in [0, 0.05) is 19.5 Å². The van der Waals surface area contributed by atoms with Gasteiger partial charge in [-0.2, -0.15) is 0 Å². The molecule has 126 valence electrons. The van der Waals surface area contributed by atoms with E-state index < -0.39 is 6.10 Å². The van der Waals surface area contributed by atoms with Crippen LogP contribution in [-0.2, 0) is 4.79 Å². The molecule has 2 N–H and O–H groups in total. The lowest BCUT2D eigenvalue weighted by Crippen LogP contribution is -2.39. The number of hydrogen-bond donors (Lipinski definition) is 2. The summed E-state index contributed by atoms with van der Waals surface area (Å²) < 4.78 is 0. The third-order valence-corrected chi connectivity index (χ3v) is 5.41. The van der Waals surface area contributed by atoms with Crippen LogP contribution in [0.2, 0.25) is 0 Å². The Hall–Kier alpha value is -1.39. The van der Waals surface area contributed by atoms with E-state index >= 15 is 0 Å². The zero-order valence-corrected chi connectivity index (χ0v) is 13.8. The fraction of sp³-hybridized carbons (Fsp3) is 0.632. The summed E-state index contributed by atoms with van der Waals surface area (Å²) in [4.78, 5) is 14.3. The predicted molar refractivity (Wildman–Crippen MR) is 90.9 cm³/mol. The normalized spacial score (nSPS) is 23.9. The van der Waals surface area contributed by atoms with E-state index in [9.17, 15) is 9.90 Å². The van der Waals surface area contributed by atoms with E-state index in [4.69, 9.17) is 0 Å². The van der Waals surface area contributed by atoms with Crippen molar-refractivity contribution in [3.63, 3.8) is 0 Å².